The van der Waals surface area contributed by atoms with Crippen LogP contribution < -0.4 is 11.1 Å². The fourth-order valence-electron chi connectivity index (χ4n) is 4.06. The van der Waals surface area contributed by atoms with E-state index in [1.165, 1.54) is 0 Å². The number of nitrogens with one attached hydrogen (secondary N) is 1. The zero-order chi connectivity index (χ0) is 17.6. The highest BCUT2D eigenvalue weighted by molar-refractivity contribution is 6.35. The molecule has 0 bridgehead atoms. The highest BCUT2D eigenvalue weighted by Gasteiger charge is 2.54. The molecule has 1 aliphatic carbocycles. The first-order valence-electron chi connectivity index (χ1n) is 8.49. The average Bonchev–Trinajstić information content (AvgIpc) is 3.07. The lowest BCUT2D eigenvalue weighted by atomic mass is 10.1. The summed E-state index contributed by atoms with van der Waals surface area (Å²) in [5.41, 5.74) is 7.43. The Morgan fingerprint density at radius 1 is 1.44 bits per heavy atom. The van der Waals surface area contributed by atoms with Crippen LogP contribution in [0.25, 0.3) is 10.9 Å². The van der Waals surface area contributed by atoms with Crippen molar-refractivity contribution >= 4 is 34.1 Å². The summed E-state index contributed by atoms with van der Waals surface area (Å²) >= 11 is 6.17. The Hall–Kier alpha value is -1.92. The average molecular weight is 363 g/mol. The monoisotopic (exact) mass is 362 g/mol. The summed E-state index contributed by atoms with van der Waals surface area (Å²) < 4.78 is 12.4. The van der Waals surface area contributed by atoms with E-state index in [0.29, 0.717) is 58.0 Å². The number of amides is 1. The fraction of sp³-hybridized carbons (Fsp3) is 0.444. The number of aromatic nitrogens is 1. The number of carbonyl (C=O) groups is 1. The first kappa shape index (κ1) is 16.5. The van der Waals surface area contributed by atoms with Gasteiger partial charge >= 0.3 is 0 Å². The molecule has 0 radical (unpaired) electrons. The van der Waals surface area contributed by atoms with Crippen molar-refractivity contribution in [3.63, 3.8) is 0 Å². The predicted octanol–water partition coefficient (Wildman–Crippen LogP) is 2.35. The molecule has 132 valence electrons. The quantitative estimate of drug-likeness (QED) is 0.801. The lowest BCUT2D eigenvalue weighted by molar-refractivity contribution is 0.0951. The van der Waals surface area contributed by atoms with Crippen LogP contribution in [-0.2, 0) is 0 Å². The number of piperidine rings is 1. The van der Waals surface area contributed by atoms with Crippen molar-refractivity contribution in [3.05, 3.63) is 35.0 Å². The minimum absolute atomic E-state index is 0.184. The third-order valence-corrected chi connectivity index (χ3v) is 5.78. The third-order valence-electron chi connectivity index (χ3n) is 5.47. The first-order valence-corrected chi connectivity index (χ1v) is 8.87. The Morgan fingerprint density at radius 3 is 2.92 bits per heavy atom. The van der Waals surface area contributed by atoms with Gasteiger partial charge in [-0.1, -0.05) is 11.6 Å². The number of halogens is 2. The van der Waals surface area contributed by atoms with E-state index in [1.54, 1.807) is 18.3 Å². The summed E-state index contributed by atoms with van der Waals surface area (Å²) in [6, 6.07) is 5.16. The SMILES string of the molecule is Nc1c(Cl)cc(C(=O)NCC2C3CN(CCF)CC23)c2ncccc12. The molecular formula is C18H20ClFN4O. The standard InChI is InChI=1S/C18H20ClFN4O/c19-15-6-11(17-10(16(15)21)2-1-4-22-17)18(25)23-7-12-13-8-24(5-3-20)9-14(12)13/h1-2,4,6,12-14H,3,5,7-9,21H2,(H,23,25). The molecule has 2 aliphatic rings. The van der Waals surface area contributed by atoms with Gasteiger partial charge in [0.15, 0.2) is 0 Å². The van der Waals surface area contributed by atoms with Crippen molar-refractivity contribution in [3.8, 4) is 0 Å². The molecule has 2 unspecified atom stereocenters. The number of fused-ring (bicyclic) bond motifs is 2. The lowest BCUT2D eigenvalue weighted by Gasteiger charge is -2.17. The van der Waals surface area contributed by atoms with Gasteiger partial charge < -0.3 is 16.0 Å². The van der Waals surface area contributed by atoms with Gasteiger partial charge in [-0.05, 0) is 36.0 Å². The van der Waals surface area contributed by atoms with Gasteiger partial charge in [-0.3, -0.25) is 9.78 Å². The molecule has 3 N–H and O–H groups in total. The van der Waals surface area contributed by atoms with Crippen LogP contribution in [-0.4, -0.2) is 48.6 Å². The number of anilines is 1. The van der Waals surface area contributed by atoms with Gasteiger partial charge in [-0.2, -0.15) is 0 Å². The van der Waals surface area contributed by atoms with Gasteiger partial charge in [-0.25, -0.2) is 4.39 Å². The number of nitrogens with zero attached hydrogens (tertiary/aromatic N) is 2. The molecule has 2 atom stereocenters. The number of nitrogen functional groups attached to an aromatic ring is 1. The molecular weight excluding hydrogens is 343 g/mol. The Bertz CT molecular complexity index is 818. The molecule has 7 heteroatoms. The number of hydrogen-bond acceptors (Lipinski definition) is 4. The van der Waals surface area contributed by atoms with E-state index in [0.717, 1.165) is 13.1 Å². The maximum absolute atomic E-state index is 12.6. The van der Waals surface area contributed by atoms with Gasteiger partial charge in [0.05, 0.1) is 21.8 Å². The number of pyridine rings is 1. The van der Waals surface area contributed by atoms with Crippen LogP contribution in [0.4, 0.5) is 10.1 Å². The minimum Gasteiger partial charge on any atom is -0.397 e. The topological polar surface area (TPSA) is 71.2 Å². The van der Waals surface area contributed by atoms with Crippen LogP contribution in [0.2, 0.25) is 5.02 Å². The maximum Gasteiger partial charge on any atom is 0.253 e. The normalized spacial score (nSPS) is 25.1. The minimum atomic E-state index is -0.293. The molecule has 1 aromatic carbocycles. The highest BCUT2D eigenvalue weighted by Crippen LogP contribution is 2.51. The van der Waals surface area contributed by atoms with Crippen molar-refractivity contribution in [2.45, 2.75) is 0 Å². The van der Waals surface area contributed by atoms with Crippen LogP contribution in [0.3, 0.4) is 0 Å². The van der Waals surface area contributed by atoms with Crippen molar-refractivity contribution in [2.24, 2.45) is 17.8 Å². The Morgan fingerprint density at radius 2 is 2.20 bits per heavy atom. The van der Waals surface area contributed by atoms with E-state index < -0.39 is 0 Å². The van der Waals surface area contributed by atoms with Crippen LogP contribution in [0, 0.1) is 17.8 Å². The number of benzene rings is 1. The van der Waals surface area contributed by atoms with Crippen LogP contribution in [0.5, 0.6) is 0 Å². The van der Waals surface area contributed by atoms with E-state index in [2.05, 4.69) is 15.2 Å². The van der Waals surface area contributed by atoms with Gasteiger partial charge in [-0.15, -0.1) is 0 Å². The molecule has 2 fully saturated rings. The van der Waals surface area contributed by atoms with Crippen LogP contribution >= 0.6 is 11.6 Å². The second kappa shape index (κ2) is 6.42. The third kappa shape index (κ3) is 2.93. The Kier molecular flexibility index (Phi) is 4.25. The Labute approximate surface area is 150 Å². The number of nitrogens with two attached hydrogens (primary N) is 1. The molecule has 2 aromatic rings. The summed E-state index contributed by atoms with van der Waals surface area (Å²) in [7, 11) is 0. The molecule has 1 aromatic heterocycles. The van der Waals surface area contributed by atoms with Crippen LogP contribution in [0.15, 0.2) is 24.4 Å². The molecule has 4 rings (SSSR count). The van der Waals surface area contributed by atoms with Gasteiger partial charge in [0.25, 0.3) is 5.91 Å². The number of carbonyl (C=O) groups excluding carboxylic acids is 1. The molecule has 1 saturated heterocycles. The largest absolute Gasteiger partial charge is 0.397 e. The van der Waals surface area contributed by atoms with Gasteiger partial charge in [0.1, 0.15) is 6.67 Å². The summed E-state index contributed by atoms with van der Waals surface area (Å²) in [5, 5.41) is 4.05. The van der Waals surface area contributed by atoms with Gasteiger partial charge in [0.2, 0.25) is 0 Å². The number of alkyl halides is 1. The summed E-state index contributed by atoms with van der Waals surface area (Å²) in [5.74, 6) is 1.47. The van der Waals surface area contributed by atoms with E-state index in [9.17, 15) is 9.18 Å². The van der Waals surface area contributed by atoms with Crippen molar-refractivity contribution < 1.29 is 9.18 Å². The summed E-state index contributed by atoms with van der Waals surface area (Å²) in [6.07, 6.45) is 1.64. The smallest absolute Gasteiger partial charge is 0.253 e. The second-order valence-electron chi connectivity index (χ2n) is 6.87. The second-order valence-corrected chi connectivity index (χ2v) is 7.28. The number of hydrogen-bond donors (Lipinski definition) is 2. The predicted molar refractivity (Wildman–Crippen MR) is 96.4 cm³/mol. The maximum atomic E-state index is 12.6. The van der Waals surface area contributed by atoms with Crippen molar-refractivity contribution in [1.29, 1.82) is 0 Å². The molecule has 1 amide bonds. The van der Waals surface area contributed by atoms with E-state index in [1.807, 2.05) is 6.07 Å². The molecule has 1 aliphatic heterocycles. The fourth-order valence-corrected chi connectivity index (χ4v) is 4.27. The molecule has 25 heavy (non-hydrogen) atoms. The zero-order valence-corrected chi connectivity index (χ0v) is 14.5. The summed E-state index contributed by atoms with van der Waals surface area (Å²) in [4.78, 5) is 19.1. The molecule has 2 heterocycles. The molecule has 5 nitrogen and oxygen atoms in total. The van der Waals surface area contributed by atoms with Crippen LogP contribution in [0.1, 0.15) is 10.4 Å². The summed E-state index contributed by atoms with van der Waals surface area (Å²) in [6.45, 7) is 2.74. The van der Waals surface area contributed by atoms with E-state index in [-0.39, 0.29) is 12.6 Å². The highest BCUT2D eigenvalue weighted by atomic mass is 35.5. The zero-order valence-electron chi connectivity index (χ0n) is 13.7. The number of likely N-dealkylation sites (tertiary alicyclic amines) is 1. The van der Waals surface area contributed by atoms with Gasteiger partial charge in [0, 0.05) is 37.8 Å². The van der Waals surface area contributed by atoms with Crippen molar-refractivity contribution in [1.82, 2.24) is 15.2 Å². The molecule has 1 saturated carbocycles. The first-order chi connectivity index (χ1) is 12.1. The van der Waals surface area contributed by atoms with E-state index in [4.69, 9.17) is 17.3 Å². The lowest BCUT2D eigenvalue weighted by Crippen LogP contribution is -2.31. The Balaban J connectivity index is 1.43. The molecule has 0 spiro atoms. The number of rotatable bonds is 5. The van der Waals surface area contributed by atoms with Crippen molar-refractivity contribution in [2.75, 3.05) is 38.6 Å². The van der Waals surface area contributed by atoms with E-state index >= 15 is 0 Å².